The van der Waals surface area contributed by atoms with Crippen molar-refractivity contribution in [2.24, 2.45) is 0 Å². The molecule has 178 valence electrons. The normalized spacial score (nSPS) is 11.9. The molecule has 0 aliphatic heterocycles. The Morgan fingerprint density at radius 3 is 2.61 bits per heavy atom. The Morgan fingerprint density at radius 2 is 1.91 bits per heavy atom. The second-order valence-electron chi connectivity index (χ2n) is 7.43. The third kappa shape index (κ3) is 5.75. The van der Waals surface area contributed by atoms with Gasteiger partial charge in [-0.1, -0.05) is 43.8 Å². The molecule has 8 nitrogen and oxygen atoms in total. The summed E-state index contributed by atoms with van der Waals surface area (Å²) in [5.74, 6) is -0.0946. The number of imidazole rings is 1. The fraction of sp³-hybridized carbons (Fsp3) is 0.391. The Morgan fingerprint density at radius 1 is 1.18 bits per heavy atom. The first-order chi connectivity index (χ1) is 15.8. The van der Waals surface area contributed by atoms with Crippen LogP contribution in [-0.2, 0) is 26.1 Å². The van der Waals surface area contributed by atoms with Gasteiger partial charge < -0.3 is 14.6 Å². The summed E-state index contributed by atoms with van der Waals surface area (Å²) in [6, 6.07) is 12.8. The molecule has 1 aromatic heterocycles. The molecule has 0 aliphatic rings. The number of nitrogens with zero attached hydrogens (tertiary/aromatic N) is 3. The van der Waals surface area contributed by atoms with Crippen LogP contribution in [0.15, 0.2) is 52.5 Å². The number of sulfonamides is 1. The van der Waals surface area contributed by atoms with Crippen LogP contribution < -0.4 is 5.32 Å². The highest BCUT2D eigenvalue weighted by atomic mass is 32.2. The van der Waals surface area contributed by atoms with Gasteiger partial charge in [-0.05, 0) is 36.8 Å². The molecule has 0 bridgehead atoms. The zero-order valence-electron chi connectivity index (χ0n) is 19.4. The van der Waals surface area contributed by atoms with Crippen LogP contribution in [0.1, 0.15) is 19.4 Å². The molecule has 0 unspecified atom stereocenters. The van der Waals surface area contributed by atoms with Crippen molar-refractivity contribution in [1.82, 2.24) is 13.9 Å². The summed E-state index contributed by atoms with van der Waals surface area (Å²) >= 11 is 1.33. The van der Waals surface area contributed by atoms with Crippen LogP contribution in [0.25, 0.3) is 11.0 Å². The zero-order valence-corrected chi connectivity index (χ0v) is 21.0. The minimum absolute atomic E-state index is 0.141. The first-order valence-corrected chi connectivity index (χ1v) is 13.2. The molecule has 0 atom stereocenters. The fourth-order valence-electron chi connectivity index (χ4n) is 3.55. The van der Waals surface area contributed by atoms with E-state index in [1.807, 2.05) is 28.8 Å². The number of aromatic nitrogens is 2. The summed E-state index contributed by atoms with van der Waals surface area (Å²) in [6.45, 7) is 7.30. The van der Waals surface area contributed by atoms with Crippen molar-refractivity contribution in [3.05, 3.63) is 48.0 Å². The average molecular weight is 491 g/mol. The number of methoxy groups -OCH3 is 1. The number of rotatable bonds is 11. The average Bonchev–Trinajstić information content (AvgIpc) is 3.15. The number of hydrogen-bond donors (Lipinski definition) is 1. The Balaban J connectivity index is 1.75. The van der Waals surface area contributed by atoms with Crippen LogP contribution in [0.4, 0.5) is 5.69 Å². The highest BCUT2D eigenvalue weighted by Gasteiger charge is 2.24. The molecule has 3 rings (SSSR count). The van der Waals surface area contributed by atoms with E-state index < -0.39 is 10.0 Å². The molecule has 0 aliphatic carbocycles. The van der Waals surface area contributed by atoms with Crippen LogP contribution in [0.3, 0.4) is 0 Å². The number of fused-ring (bicyclic) bond motifs is 1. The van der Waals surface area contributed by atoms with Crippen molar-refractivity contribution < 1.29 is 17.9 Å². The second-order valence-corrected chi connectivity index (χ2v) is 10.3. The molecule has 10 heteroatoms. The van der Waals surface area contributed by atoms with Gasteiger partial charge in [0.25, 0.3) is 0 Å². The molecule has 1 amide bonds. The number of carbonyl (C=O) groups is 1. The van der Waals surface area contributed by atoms with E-state index in [-0.39, 0.29) is 16.6 Å². The number of thioether (sulfide) groups is 1. The monoisotopic (exact) mass is 490 g/mol. The summed E-state index contributed by atoms with van der Waals surface area (Å²) in [5.41, 5.74) is 2.94. The highest BCUT2D eigenvalue weighted by molar-refractivity contribution is 7.99. The molecule has 0 spiro atoms. The van der Waals surface area contributed by atoms with Crippen molar-refractivity contribution in [2.45, 2.75) is 37.4 Å². The Labute approximate surface area is 199 Å². The quantitative estimate of drug-likeness (QED) is 0.412. The molecule has 2 aromatic carbocycles. The van der Waals surface area contributed by atoms with E-state index in [0.29, 0.717) is 37.5 Å². The number of aryl methyl sites for hydroxylation is 1. The number of hydrogen-bond acceptors (Lipinski definition) is 6. The van der Waals surface area contributed by atoms with Crippen LogP contribution in [-0.4, -0.2) is 60.7 Å². The lowest BCUT2D eigenvalue weighted by molar-refractivity contribution is -0.113. The maximum absolute atomic E-state index is 13.0. The molecule has 1 N–H and O–H groups in total. The largest absolute Gasteiger partial charge is 0.383 e. The predicted molar refractivity (Wildman–Crippen MR) is 132 cm³/mol. The number of para-hydroxylation sites is 2. The van der Waals surface area contributed by atoms with E-state index in [0.717, 1.165) is 16.2 Å². The number of nitrogens with one attached hydrogen (secondary N) is 1. The van der Waals surface area contributed by atoms with Gasteiger partial charge in [0, 0.05) is 32.4 Å². The first kappa shape index (κ1) is 25.2. The highest BCUT2D eigenvalue weighted by Crippen LogP contribution is 2.26. The van der Waals surface area contributed by atoms with Gasteiger partial charge in [-0.25, -0.2) is 13.4 Å². The lowest BCUT2D eigenvalue weighted by atomic mass is 10.2. The second kappa shape index (κ2) is 11.1. The third-order valence-corrected chi connectivity index (χ3v) is 8.43. The van der Waals surface area contributed by atoms with Gasteiger partial charge in [0.1, 0.15) is 0 Å². The van der Waals surface area contributed by atoms with Crippen LogP contribution in [0, 0.1) is 6.92 Å². The van der Waals surface area contributed by atoms with Gasteiger partial charge in [-0.15, -0.1) is 0 Å². The molecule has 3 aromatic rings. The van der Waals surface area contributed by atoms with Crippen molar-refractivity contribution in [3.63, 3.8) is 0 Å². The standard InChI is InChI=1S/C23H30N4O4S2/c1-5-26(6-2)33(29,30)21-15-18(12-11-17(21)3)24-22(28)16-32-23-25-19-9-7-8-10-20(19)27(23)13-14-31-4/h7-12,15H,5-6,13-14,16H2,1-4H3,(H,24,28). The summed E-state index contributed by atoms with van der Waals surface area (Å²) in [7, 11) is -1.97. The van der Waals surface area contributed by atoms with Crippen LogP contribution in [0.5, 0.6) is 0 Å². The SMILES string of the molecule is CCN(CC)S(=O)(=O)c1cc(NC(=O)CSc2nc3ccccc3n2CCOC)ccc1C. The smallest absolute Gasteiger partial charge is 0.243 e. The van der Waals surface area contributed by atoms with E-state index in [4.69, 9.17) is 4.74 Å². The predicted octanol–water partition coefficient (Wildman–Crippen LogP) is 3.75. The van der Waals surface area contributed by atoms with Crippen LogP contribution >= 0.6 is 11.8 Å². The van der Waals surface area contributed by atoms with Gasteiger partial charge >= 0.3 is 0 Å². The van der Waals surface area contributed by atoms with Crippen molar-refractivity contribution in [2.75, 3.05) is 37.9 Å². The molecular formula is C23H30N4O4S2. The number of ether oxygens (including phenoxy) is 1. The topological polar surface area (TPSA) is 93.5 Å². The molecule has 0 saturated heterocycles. The molecule has 33 heavy (non-hydrogen) atoms. The molecule has 0 radical (unpaired) electrons. The maximum atomic E-state index is 13.0. The van der Waals surface area contributed by atoms with E-state index in [1.54, 1.807) is 40.0 Å². The van der Waals surface area contributed by atoms with E-state index in [9.17, 15) is 13.2 Å². The minimum atomic E-state index is -3.62. The van der Waals surface area contributed by atoms with E-state index in [2.05, 4.69) is 10.3 Å². The summed E-state index contributed by atoms with van der Waals surface area (Å²) in [6.07, 6.45) is 0. The Hall–Kier alpha value is -2.40. The van der Waals surface area contributed by atoms with Gasteiger partial charge in [-0.2, -0.15) is 4.31 Å². The zero-order chi connectivity index (χ0) is 24.0. The first-order valence-electron chi connectivity index (χ1n) is 10.8. The summed E-state index contributed by atoms with van der Waals surface area (Å²) < 4.78 is 34.6. The fourth-order valence-corrected chi connectivity index (χ4v) is 6.10. The van der Waals surface area contributed by atoms with Crippen LogP contribution in [0.2, 0.25) is 0 Å². The lowest BCUT2D eigenvalue weighted by Crippen LogP contribution is -2.31. The number of anilines is 1. The minimum Gasteiger partial charge on any atom is -0.383 e. The van der Waals surface area contributed by atoms with E-state index in [1.165, 1.54) is 22.1 Å². The summed E-state index contributed by atoms with van der Waals surface area (Å²) in [4.78, 5) is 17.5. The Kier molecular flexibility index (Phi) is 8.52. The van der Waals surface area contributed by atoms with Gasteiger partial charge in [0.2, 0.25) is 15.9 Å². The molecular weight excluding hydrogens is 460 g/mol. The Bertz CT molecular complexity index is 1220. The molecule has 1 heterocycles. The number of carbonyl (C=O) groups excluding carboxylic acids is 1. The summed E-state index contributed by atoms with van der Waals surface area (Å²) in [5, 5.41) is 3.55. The molecule has 0 saturated carbocycles. The van der Waals surface area contributed by atoms with Gasteiger partial charge in [0.15, 0.2) is 5.16 Å². The van der Waals surface area contributed by atoms with Gasteiger partial charge in [0.05, 0.1) is 28.3 Å². The number of benzene rings is 2. The van der Waals surface area contributed by atoms with Gasteiger partial charge in [-0.3, -0.25) is 4.79 Å². The molecule has 0 fully saturated rings. The van der Waals surface area contributed by atoms with Crippen molar-refractivity contribution >= 4 is 44.4 Å². The van der Waals surface area contributed by atoms with Crippen molar-refractivity contribution in [3.8, 4) is 0 Å². The van der Waals surface area contributed by atoms with E-state index >= 15 is 0 Å². The maximum Gasteiger partial charge on any atom is 0.243 e. The lowest BCUT2D eigenvalue weighted by Gasteiger charge is -2.20. The van der Waals surface area contributed by atoms with Crippen molar-refractivity contribution in [1.29, 1.82) is 0 Å². The third-order valence-electron chi connectivity index (χ3n) is 5.27. The number of amides is 1.